The Morgan fingerprint density at radius 2 is 2.16 bits per heavy atom. The van der Waals surface area contributed by atoms with E-state index >= 15 is 0 Å². The number of thiophene rings is 1. The number of fused-ring (bicyclic) bond motifs is 2. The fourth-order valence-corrected chi connectivity index (χ4v) is 5.10. The zero-order valence-electron chi connectivity index (χ0n) is 14.9. The van der Waals surface area contributed by atoms with Gasteiger partial charge in [0.1, 0.15) is 0 Å². The number of nitrogens with one attached hydrogen (secondary N) is 1. The van der Waals surface area contributed by atoms with E-state index in [9.17, 15) is 4.79 Å². The average molecular weight is 356 g/mol. The minimum Gasteiger partial charge on any atom is -0.373 e. The summed E-state index contributed by atoms with van der Waals surface area (Å²) in [5.41, 5.74) is 3.58. The van der Waals surface area contributed by atoms with E-state index in [0.717, 1.165) is 18.7 Å². The Morgan fingerprint density at radius 3 is 2.92 bits per heavy atom. The topological polar surface area (TPSA) is 35.6 Å². The van der Waals surface area contributed by atoms with Crippen molar-refractivity contribution in [2.45, 2.75) is 24.8 Å². The molecule has 1 amide bonds. The molecule has 1 N–H and O–H groups in total. The van der Waals surface area contributed by atoms with Crippen LogP contribution in [0, 0.1) is 0 Å². The van der Waals surface area contributed by atoms with Crippen LogP contribution >= 0.6 is 11.3 Å². The molecule has 5 heteroatoms. The lowest BCUT2D eigenvalue weighted by Crippen LogP contribution is -2.46. The van der Waals surface area contributed by atoms with Crippen molar-refractivity contribution in [1.82, 2.24) is 10.2 Å². The van der Waals surface area contributed by atoms with E-state index in [2.05, 4.69) is 47.4 Å². The van der Waals surface area contributed by atoms with E-state index in [1.807, 2.05) is 17.5 Å². The van der Waals surface area contributed by atoms with Gasteiger partial charge in [-0.3, -0.25) is 4.79 Å². The first-order chi connectivity index (χ1) is 12.1. The minimum atomic E-state index is 0.0186. The fraction of sp³-hybridized carbons (Fsp3) is 0.450. The van der Waals surface area contributed by atoms with Crippen molar-refractivity contribution in [3.63, 3.8) is 0 Å². The van der Waals surface area contributed by atoms with Gasteiger partial charge in [-0.1, -0.05) is 6.07 Å². The van der Waals surface area contributed by atoms with Gasteiger partial charge in [0.15, 0.2) is 0 Å². The molecule has 2 aliphatic heterocycles. The van der Waals surface area contributed by atoms with Crippen LogP contribution < -0.4 is 10.2 Å². The van der Waals surface area contributed by atoms with Crippen molar-refractivity contribution in [3.05, 3.63) is 51.7 Å². The normalized spacial score (nSPS) is 23.0. The number of likely N-dealkylation sites (tertiary alicyclic amines) is 1. The first-order valence-corrected chi connectivity index (χ1v) is 9.80. The third kappa shape index (κ3) is 3.07. The molecule has 1 fully saturated rings. The van der Waals surface area contributed by atoms with Crippen LogP contribution in [0.4, 0.5) is 5.69 Å². The molecule has 25 heavy (non-hydrogen) atoms. The molecule has 0 aliphatic carbocycles. The molecule has 1 aromatic carbocycles. The SMILES string of the molecule is CN1CCCC2(C1)CN(C)c1ccc(C(=O)NCc3cccs3)cc12. The van der Waals surface area contributed by atoms with Crippen LogP contribution in [-0.4, -0.2) is 44.5 Å². The monoisotopic (exact) mass is 355 g/mol. The van der Waals surface area contributed by atoms with Crippen LogP contribution in [0.1, 0.15) is 33.6 Å². The number of amides is 1. The lowest BCUT2D eigenvalue weighted by Gasteiger charge is -2.39. The van der Waals surface area contributed by atoms with Gasteiger partial charge in [0.2, 0.25) is 0 Å². The second-order valence-corrected chi connectivity index (χ2v) is 8.50. The van der Waals surface area contributed by atoms with E-state index < -0.39 is 0 Å². The molecule has 4 rings (SSSR count). The Hall–Kier alpha value is -1.85. The van der Waals surface area contributed by atoms with E-state index in [1.54, 1.807) is 11.3 Å². The molecule has 2 aromatic rings. The van der Waals surface area contributed by atoms with Crippen LogP contribution in [0.15, 0.2) is 35.7 Å². The highest BCUT2D eigenvalue weighted by Crippen LogP contribution is 2.45. The smallest absolute Gasteiger partial charge is 0.251 e. The van der Waals surface area contributed by atoms with Crippen LogP contribution in [0.5, 0.6) is 0 Å². The first-order valence-electron chi connectivity index (χ1n) is 8.92. The number of carbonyl (C=O) groups is 1. The predicted molar refractivity (Wildman–Crippen MR) is 104 cm³/mol. The number of hydrogen-bond donors (Lipinski definition) is 1. The lowest BCUT2D eigenvalue weighted by atomic mass is 9.75. The molecule has 0 radical (unpaired) electrons. The Balaban J connectivity index is 1.59. The lowest BCUT2D eigenvalue weighted by molar-refractivity contribution is 0.0951. The standard InChI is InChI=1S/C20H25N3OS/c1-22-9-4-8-20(13-22)14-23(2)18-7-6-15(11-17(18)20)19(24)21-12-16-5-3-10-25-16/h3,5-7,10-11H,4,8-9,12-14H2,1-2H3,(H,21,24). The number of likely N-dealkylation sites (N-methyl/N-ethyl adjacent to an activating group) is 2. The van der Waals surface area contributed by atoms with Gasteiger partial charge in [0.05, 0.1) is 6.54 Å². The number of nitrogens with zero attached hydrogens (tertiary/aromatic N) is 2. The summed E-state index contributed by atoms with van der Waals surface area (Å²) in [4.78, 5) is 18.6. The van der Waals surface area contributed by atoms with Crippen molar-refractivity contribution < 1.29 is 4.79 Å². The molecule has 132 valence electrons. The Morgan fingerprint density at radius 1 is 1.28 bits per heavy atom. The molecule has 1 saturated heterocycles. The zero-order chi connectivity index (χ0) is 17.4. The van der Waals surface area contributed by atoms with Crippen molar-refractivity contribution in [2.24, 2.45) is 0 Å². The number of anilines is 1. The largest absolute Gasteiger partial charge is 0.373 e. The Kier molecular flexibility index (Phi) is 4.29. The molecule has 0 bridgehead atoms. The molecule has 3 heterocycles. The Bertz CT molecular complexity index is 769. The quantitative estimate of drug-likeness (QED) is 0.919. The molecule has 1 unspecified atom stereocenters. The van der Waals surface area contributed by atoms with Gasteiger partial charge in [-0.15, -0.1) is 11.3 Å². The predicted octanol–water partition coefficient (Wildman–Crippen LogP) is 3.09. The summed E-state index contributed by atoms with van der Waals surface area (Å²) in [7, 11) is 4.37. The number of piperidine rings is 1. The minimum absolute atomic E-state index is 0.0186. The summed E-state index contributed by atoms with van der Waals surface area (Å²) in [6, 6.07) is 10.3. The van der Waals surface area contributed by atoms with E-state index in [-0.39, 0.29) is 11.3 Å². The summed E-state index contributed by atoms with van der Waals surface area (Å²) in [5.74, 6) is 0.0186. The van der Waals surface area contributed by atoms with Gasteiger partial charge in [0, 0.05) is 41.7 Å². The third-order valence-corrected chi connectivity index (χ3v) is 6.43. The van der Waals surface area contributed by atoms with Gasteiger partial charge in [0.25, 0.3) is 5.91 Å². The molecule has 4 nitrogen and oxygen atoms in total. The maximum Gasteiger partial charge on any atom is 0.251 e. The van der Waals surface area contributed by atoms with E-state index in [4.69, 9.17) is 0 Å². The summed E-state index contributed by atoms with van der Waals surface area (Å²) in [5, 5.41) is 5.09. The van der Waals surface area contributed by atoms with E-state index in [0.29, 0.717) is 6.54 Å². The second kappa shape index (κ2) is 6.46. The molecule has 1 spiro atoms. The van der Waals surface area contributed by atoms with Crippen molar-refractivity contribution in [3.8, 4) is 0 Å². The summed E-state index contributed by atoms with van der Waals surface area (Å²) >= 11 is 1.67. The Labute approximate surface area is 153 Å². The third-order valence-electron chi connectivity index (χ3n) is 5.55. The van der Waals surface area contributed by atoms with Crippen LogP contribution in [0.3, 0.4) is 0 Å². The van der Waals surface area contributed by atoms with Crippen molar-refractivity contribution in [1.29, 1.82) is 0 Å². The van der Waals surface area contributed by atoms with Gasteiger partial charge in [-0.05, 0) is 61.6 Å². The van der Waals surface area contributed by atoms with Gasteiger partial charge < -0.3 is 15.1 Å². The molecule has 1 aromatic heterocycles. The first kappa shape index (κ1) is 16.6. The molecule has 2 aliphatic rings. The zero-order valence-corrected chi connectivity index (χ0v) is 15.7. The molecular weight excluding hydrogens is 330 g/mol. The number of benzene rings is 1. The van der Waals surface area contributed by atoms with Crippen LogP contribution in [0.25, 0.3) is 0 Å². The van der Waals surface area contributed by atoms with Crippen LogP contribution in [0.2, 0.25) is 0 Å². The highest BCUT2D eigenvalue weighted by Gasteiger charge is 2.43. The summed E-state index contributed by atoms with van der Waals surface area (Å²) in [6.07, 6.45) is 2.42. The van der Waals surface area contributed by atoms with Crippen LogP contribution in [-0.2, 0) is 12.0 Å². The maximum atomic E-state index is 12.6. The second-order valence-electron chi connectivity index (χ2n) is 7.47. The van der Waals surface area contributed by atoms with Crippen molar-refractivity contribution in [2.75, 3.05) is 38.6 Å². The highest BCUT2D eigenvalue weighted by atomic mass is 32.1. The van der Waals surface area contributed by atoms with Crippen molar-refractivity contribution >= 4 is 22.9 Å². The fourth-order valence-electron chi connectivity index (χ4n) is 4.45. The highest BCUT2D eigenvalue weighted by molar-refractivity contribution is 7.09. The number of hydrogen-bond acceptors (Lipinski definition) is 4. The average Bonchev–Trinajstić information content (AvgIpc) is 3.20. The molecular formula is C20H25N3OS. The summed E-state index contributed by atoms with van der Waals surface area (Å²) < 4.78 is 0. The van der Waals surface area contributed by atoms with Gasteiger partial charge in [-0.25, -0.2) is 0 Å². The summed E-state index contributed by atoms with van der Waals surface area (Å²) in [6.45, 7) is 3.89. The number of rotatable bonds is 3. The van der Waals surface area contributed by atoms with Gasteiger partial charge >= 0.3 is 0 Å². The maximum absolute atomic E-state index is 12.6. The number of carbonyl (C=O) groups excluding carboxylic acids is 1. The molecule has 1 atom stereocenters. The van der Waals surface area contributed by atoms with Gasteiger partial charge in [-0.2, -0.15) is 0 Å². The van der Waals surface area contributed by atoms with E-state index in [1.165, 1.54) is 35.5 Å². The molecule has 0 saturated carbocycles.